The van der Waals surface area contributed by atoms with Gasteiger partial charge in [0, 0.05) is 13.1 Å². The van der Waals surface area contributed by atoms with Crippen LogP contribution in [0.3, 0.4) is 0 Å². The molecule has 0 saturated carbocycles. The summed E-state index contributed by atoms with van der Waals surface area (Å²) in [4.78, 5) is 11.6. The van der Waals surface area contributed by atoms with Crippen molar-refractivity contribution in [1.29, 1.82) is 0 Å². The normalized spacial score (nSPS) is 18.2. The van der Waals surface area contributed by atoms with Crippen molar-refractivity contribution >= 4 is 5.94 Å². The van der Waals surface area contributed by atoms with Gasteiger partial charge in [0.1, 0.15) is 0 Å². The van der Waals surface area contributed by atoms with Crippen molar-refractivity contribution in [2.24, 2.45) is 0 Å². The summed E-state index contributed by atoms with van der Waals surface area (Å²) in [6, 6.07) is 0. The molecule has 1 fully saturated rings. The van der Waals surface area contributed by atoms with E-state index >= 15 is 0 Å². The minimum absolute atomic E-state index is 0.981. The van der Waals surface area contributed by atoms with Gasteiger partial charge >= 0.3 is 0 Å². The van der Waals surface area contributed by atoms with Crippen molar-refractivity contribution in [3.05, 3.63) is 6.20 Å². The average Bonchev–Trinajstić information content (AvgIpc) is 2.19. The van der Waals surface area contributed by atoms with E-state index in [4.69, 9.17) is 0 Å². The number of hydrogen-bond acceptors (Lipinski definition) is 2. The highest BCUT2D eigenvalue weighted by Gasteiger charge is 2.06. The van der Waals surface area contributed by atoms with Crippen LogP contribution in [0.1, 0.15) is 12.8 Å². The average molecular weight is 110 g/mol. The molecule has 0 aromatic rings. The first-order valence-electron chi connectivity index (χ1n) is 2.81. The number of nitrogens with zero attached hydrogens (tertiary/aromatic N) is 1. The molecule has 1 radical (unpaired) electrons. The number of rotatable bonds is 1. The van der Waals surface area contributed by atoms with Gasteiger partial charge in [-0.1, -0.05) is 0 Å². The van der Waals surface area contributed by atoms with E-state index in [-0.39, 0.29) is 0 Å². The zero-order chi connectivity index (χ0) is 5.82. The van der Waals surface area contributed by atoms with Gasteiger partial charge in [0.2, 0.25) is 0 Å². The Morgan fingerprint density at radius 3 is 2.38 bits per heavy atom. The molecule has 0 aromatic carbocycles. The first-order valence-corrected chi connectivity index (χ1v) is 2.81. The largest absolute Gasteiger partial charge is 0.360 e. The van der Waals surface area contributed by atoms with E-state index in [0.717, 1.165) is 13.1 Å². The molecular formula is C6H8NO. The van der Waals surface area contributed by atoms with Crippen LogP contribution in [0.5, 0.6) is 0 Å². The highest BCUT2D eigenvalue weighted by atomic mass is 16.1. The van der Waals surface area contributed by atoms with Gasteiger partial charge in [0.25, 0.3) is 0 Å². The zero-order valence-corrected chi connectivity index (χ0v) is 4.68. The van der Waals surface area contributed by atoms with Crippen LogP contribution < -0.4 is 0 Å². The number of carbonyl (C=O) groups excluding carboxylic acids is 1. The lowest BCUT2D eigenvalue weighted by Gasteiger charge is -2.04. The third-order valence-electron chi connectivity index (χ3n) is 1.31. The molecule has 43 valence electrons. The minimum Gasteiger partial charge on any atom is -0.360 e. The molecule has 1 aliphatic heterocycles. The second kappa shape index (κ2) is 2.53. The summed E-state index contributed by atoms with van der Waals surface area (Å²) >= 11 is 0. The Morgan fingerprint density at radius 2 is 1.88 bits per heavy atom. The maximum absolute atomic E-state index is 9.68. The second-order valence-electron chi connectivity index (χ2n) is 1.91. The lowest BCUT2D eigenvalue weighted by Crippen LogP contribution is -2.11. The molecule has 8 heavy (non-hydrogen) atoms. The van der Waals surface area contributed by atoms with Gasteiger partial charge in [-0.3, -0.25) is 0 Å². The molecule has 1 aliphatic rings. The SMILES string of the molecule is O=C=[C]N1CCCC1. The van der Waals surface area contributed by atoms with E-state index in [2.05, 4.69) is 6.20 Å². The molecule has 0 aromatic heterocycles. The molecule has 0 bridgehead atoms. The van der Waals surface area contributed by atoms with Gasteiger partial charge in [-0.25, -0.2) is 4.79 Å². The van der Waals surface area contributed by atoms with Crippen LogP contribution in [0, 0.1) is 6.20 Å². The van der Waals surface area contributed by atoms with Crippen LogP contribution in [-0.4, -0.2) is 23.9 Å². The van der Waals surface area contributed by atoms with E-state index in [1.807, 2.05) is 4.90 Å². The molecule has 2 heteroatoms. The monoisotopic (exact) mass is 110 g/mol. The first kappa shape index (κ1) is 5.39. The number of likely N-dealkylation sites (tertiary alicyclic amines) is 1. The Kier molecular flexibility index (Phi) is 1.70. The Morgan fingerprint density at radius 1 is 1.25 bits per heavy atom. The van der Waals surface area contributed by atoms with Gasteiger partial charge in [-0.05, 0) is 12.8 Å². The maximum atomic E-state index is 9.68. The van der Waals surface area contributed by atoms with E-state index < -0.39 is 0 Å². The maximum Gasteiger partial charge on any atom is 0.158 e. The van der Waals surface area contributed by atoms with E-state index in [1.54, 1.807) is 5.94 Å². The summed E-state index contributed by atoms with van der Waals surface area (Å²) in [7, 11) is 0. The van der Waals surface area contributed by atoms with Crippen LogP contribution in [-0.2, 0) is 4.79 Å². The first-order chi connectivity index (χ1) is 3.93. The molecule has 1 rings (SSSR count). The fourth-order valence-corrected chi connectivity index (χ4v) is 0.893. The number of hydrogen-bond donors (Lipinski definition) is 0. The van der Waals surface area contributed by atoms with Crippen molar-refractivity contribution in [1.82, 2.24) is 4.90 Å². The van der Waals surface area contributed by atoms with Crippen LogP contribution in [0.15, 0.2) is 0 Å². The van der Waals surface area contributed by atoms with Crippen LogP contribution in [0.2, 0.25) is 0 Å². The summed E-state index contributed by atoms with van der Waals surface area (Å²) in [6.07, 6.45) is 4.85. The van der Waals surface area contributed by atoms with Crippen molar-refractivity contribution in [2.75, 3.05) is 13.1 Å². The van der Waals surface area contributed by atoms with Gasteiger partial charge in [-0.2, -0.15) is 0 Å². The van der Waals surface area contributed by atoms with Crippen molar-refractivity contribution < 1.29 is 4.79 Å². The second-order valence-corrected chi connectivity index (χ2v) is 1.91. The molecule has 1 saturated heterocycles. The van der Waals surface area contributed by atoms with Gasteiger partial charge < -0.3 is 4.90 Å². The fourth-order valence-electron chi connectivity index (χ4n) is 0.893. The van der Waals surface area contributed by atoms with Crippen LogP contribution in [0.25, 0.3) is 0 Å². The summed E-state index contributed by atoms with van der Waals surface area (Å²) in [6.45, 7) is 1.96. The molecule has 0 amide bonds. The predicted octanol–water partition coefficient (Wildman–Crippen LogP) is 0.231. The Labute approximate surface area is 48.8 Å². The van der Waals surface area contributed by atoms with E-state index in [9.17, 15) is 4.79 Å². The Balaban J connectivity index is 2.35. The van der Waals surface area contributed by atoms with Crippen molar-refractivity contribution in [2.45, 2.75) is 12.8 Å². The zero-order valence-electron chi connectivity index (χ0n) is 4.68. The quantitative estimate of drug-likeness (QED) is 0.450. The predicted molar refractivity (Wildman–Crippen MR) is 29.7 cm³/mol. The van der Waals surface area contributed by atoms with Crippen molar-refractivity contribution in [3.8, 4) is 0 Å². The van der Waals surface area contributed by atoms with Crippen molar-refractivity contribution in [3.63, 3.8) is 0 Å². The molecule has 0 unspecified atom stereocenters. The van der Waals surface area contributed by atoms with Crippen LogP contribution in [0.4, 0.5) is 0 Å². The third-order valence-corrected chi connectivity index (χ3v) is 1.31. The lowest BCUT2D eigenvalue weighted by atomic mass is 10.4. The summed E-state index contributed by atoms with van der Waals surface area (Å²) in [5.74, 6) is 1.64. The van der Waals surface area contributed by atoms with Gasteiger partial charge in [0.15, 0.2) is 12.1 Å². The molecule has 1 heterocycles. The fraction of sp³-hybridized carbons (Fsp3) is 0.667. The summed E-state index contributed by atoms with van der Waals surface area (Å²) in [5.41, 5.74) is 0. The summed E-state index contributed by atoms with van der Waals surface area (Å²) < 4.78 is 0. The minimum atomic E-state index is 0.981. The molecule has 0 atom stereocenters. The van der Waals surface area contributed by atoms with Gasteiger partial charge in [-0.15, -0.1) is 0 Å². The highest BCUT2D eigenvalue weighted by Crippen LogP contribution is 2.04. The summed E-state index contributed by atoms with van der Waals surface area (Å²) in [5, 5.41) is 0. The van der Waals surface area contributed by atoms with E-state index in [1.165, 1.54) is 12.8 Å². The topological polar surface area (TPSA) is 20.3 Å². The molecule has 0 aliphatic carbocycles. The Hall–Kier alpha value is -0.750. The molecule has 0 N–H and O–H groups in total. The van der Waals surface area contributed by atoms with Gasteiger partial charge in [0.05, 0.1) is 0 Å². The lowest BCUT2D eigenvalue weighted by molar-refractivity contribution is 0.445. The molecule has 0 spiro atoms. The highest BCUT2D eigenvalue weighted by molar-refractivity contribution is 5.40. The smallest absolute Gasteiger partial charge is 0.158 e. The third kappa shape index (κ3) is 1.11. The standard InChI is InChI=1S/C6H8NO/c8-6-5-7-3-1-2-4-7/h1-4H2. The van der Waals surface area contributed by atoms with Crippen LogP contribution >= 0.6 is 0 Å². The molecule has 2 nitrogen and oxygen atoms in total. The van der Waals surface area contributed by atoms with E-state index in [0.29, 0.717) is 0 Å². The molecular weight excluding hydrogens is 102 g/mol. The Bertz CT molecular complexity index is 110.